The van der Waals surface area contributed by atoms with Gasteiger partial charge in [0.2, 0.25) is 0 Å². The maximum absolute atomic E-state index is 12.1. The Morgan fingerprint density at radius 3 is 1.71 bits per heavy atom. The van der Waals surface area contributed by atoms with Crippen molar-refractivity contribution < 1.29 is 14.6 Å². The Morgan fingerprint density at radius 1 is 0.905 bits per heavy atom. The molecule has 0 aromatic heterocycles. The lowest BCUT2D eigenvalue weighted by Crippen LogP contribution is -2.29. The molecule has 3 nitrogen and oxygen atoms in total. The number of ether oxygens (including phenoxy) is 1. The third-order valence-electron chi connectivity index (χ3n) is 3.31. The van der Waals surface area contributed by atoms with E-state index in [-0.39, 0.29) is 5.92 Å². The van der Waals surface area contributed by atoms with Gasteiger partial charge in [0.15, 0.2) is 12.2 Å². The molecule has 21 heavy (non-hydrogen) atoms. The third kappa shape index (κ3) is 3.92. The Kier molecular flexibility index (Phi) is 5.12. The van der Waals surface area contributed by atoms with Crippen molar-refractivity contribution in [2.75, 3.05) is 0 Å². The Morgan fingerprint density at radius 2 is 1.33 bits per heavy atom. The highest BCUT2D eigenvalue weighted by atomic mass is 16.6. The number of rotatable bonds is 5. The van der Waals surface area contributed by atoms with E-state index in [1.807, 2.05) is 60.7 Å². The van der Waals surface area contributed by atoms with Gasteiger partial charge in [-0.1, -0.05) is 74.5 Å². The standard InChI is InChI=1S/C18H20O3/c1-13(2)16(19)18(20)21-17(14-9-5-3-6-10-14)15-11-7-4-8-12-15/h3-13,16-17,19H,1-2H3. The molecule has 1 atom stereocenters. The summed E-state index contributed by atoms with van der Waals surface area (Å²) in [6.07, 6.45) is -1.62. The predicted octanol–water partition coefficient (Wildman–Crippen LogP) is 3.34. The fourth-order valence-electron chi connectivity index (χ4n) is 2.04. The predicted molar refractivity (Wildman–Crippen MR) is 81.7 cm³/mol. The molecule has 110 valence electrons. The smallest absolute Gasteiger partial charge is 0.336 e. The zero-order chi connectivity index (χ0) is 15.2. The fourth-order valence-corrected chi connectivity index (χ4v) is 2.04. The zero-order valence-corrected chi connectivity index (χ0v) is 12.3. The topological polar surface area (TPSA) is 46.5 Å². The summed E-state index contributed by atoms with van der Waals surface area (Å²) < 4.78 is 5.56. The van der Waals surface area contributed by atoms with Crippen LogP contribution in [0.5, 0.6) is 0 Å². The second-order valence-corrected chi connectivity index (χ2v) is 5.33. The Labute approximate surface area is 125 Å². The maximum atomic E-state index is 12.1. The SMILES string of the molecule is CC(C)C(O)C(=O)OC(c1ccccc1)c1ccccc1. The monoisotopic (exact) mass is 284 g/mol. The molecule has 0 aliphatic heterocycles. The molecule has 3 heteroatoms. The Hall–Kier alpha value is -2.13. The molecule has 0 radical (unpaired) electrons. The summed E-state index contributed by atoms with van der Waals surface area (Å²) in [5.74, 6) is -0.771. The van der Waals surface area contributed by atoms with Crippen molar-refractivity contribution in [3.8, 4) is 0 Å². The molecule has 0 saturated carbocycles. The highest BCUT2D eigenvalue weighted by Gasteiger charge is 2.25. The molecule has 0 saturated heterocycles. The van der Waals surface area contributed by atoms with E-state index in [1.165, 1.54) is 0 Å². The van der Waals surface area contributed by atoms with Crippen LogP contribution < -0.4 is 0 Å². The van der Waals surface area contributed by atoms with Crippen LogP contribution in [0.25, 0.3) is 0 Å². The van der Waals surface area contributed by atoms with Crippen LogP contribution in [0.1, 0.15) is 31.1 Å². The first-order valence-electron chi connectivity index (χ1n) is 7.08. The van der Waals surface area contributed by atoms with E-state index in [4.69, 9.17) is 4.74 Å². The van der Waals surface area contributed by atoms with E-state index in [1.54, 1.807) is 13.8 Å². The summed E-state index contributed by atoms with van der Waals surface area (Å²) in [5, 5.41) is 9.86. The van der Waals surface area contributed by atoms with E-state index >= 15 is 0 Å². The van der Waals surface area contributed by atoms with Crippen LogP contribution in [-0.2, 0) is 9.53 Å². The van der Waals surface area contributed by atoms with Crippen molar-refractivity contribution in [2.24, 2.45) is 5.92 Å². The Balaban J connectivity index is 2.28. The van der Waals surface area contributed by atoms with Crippen molar-refractivity contribution in [3.63, 3.8) is 0 Å². The number of hydrogen-bond donors (Lipinski definition) is 1. The van der Waals surface area contributed by atoms with Crippen molar-refractivity contribution in [1.82, 2.24) is 0 Å². The number of hydrogen-bond acceptors (Lipinski definition) is 3. The van der Waals surface area contributed by atoms with Crippen LogP contribution in [0.2, 0.25) is 0 Å². The molecule has 0 amide bonds. The molecule has 1 unspecified atom stereocenters. The summed E-state index contributed by atoms with van der Waals surface area (Å²) in [6, 6.07) is 19.1. The molecular weight excluding hydrogens is 264 g/mol. The maximum Gasteiger partial charge on any atom is 0.336 e. The quantitative estimate of drug-likeness (QED) is 0.857. The van der Waals surface area contributed by atoms with Gasteiger partial charge in [-0.25, -0.2) is 4.79 Å². The lowest BCUT2D eigenvalue weighted by molar-refractivity contribution is -0.159. The van der Waals surface area contributed by atoms with Crippen molar-refractivity contribution in [3.05, 3.63) is 71.8 Å². The molecular formula is C18H20O3. The number of aliphatic hydroxyl groups is 1. The van der Waals surface area contributed by atoms with Crippen LogP contribution >= 0.6 is 0 Å². The van der Waals surface area contributed by atoms with Crippen LogP contribution in [0.4, 0.5) is 0 Å². The average Bonchev–Trinajstić information content (AvgIpc) is 2.53. The lowest BCUT2D eigenvalue weighted by atomic mass is 10.0. The second kappa shape index (κ2) is 7.04. The first-order chi connectivity index (χ1) is 10.1. The van der Waals surface area contributed by atoms with E-state index in [0.29, 0.717) is 0 Å². The van der Waals surface area contributed by atoms with Gasteiger partial charge in [-0.3, -0.25) is 0 Å². The molecule has 0 bridgehead atoms. The minimum absolute atomic E-state index is 0.176. The molecule has 0 aliphatic rings. The van der Waals surface area contributed by atoms with E-state index in [0.717, 1.165) is 11.1 Å². The molecule has 2 aromatic rings. The first-order valence-corrected chi connectivity index (χ1v) is 7.08. The van der Waals surface area contributed by atoms with Crippen molar-refractivity contribution >= 4 is 5.97 Å². The van der Waals surface area contributed by atoms with Gasteiger partial charge in [0, 0.05) is 0 Å². The largest absolute Gasteiger partial charge is 0.451 e. The summed E-state index contributed by atoms with van der Waals surface area (Å²) in [7, 11) is 0. The highest BCUT2D eigenvalue weighted by Crippen LogP contribution is 2.26. The molecule has 2 aromatic carbocycles. The fraction of sp³-hybridized carbons (Fsp3) is 0.278. The highest BCUT2D eigenvalue weighted by molar-refractivity contribution is 5.75. The molecule has 1 N–H and O–H groups in total. The summed E-state index contributed by atoms with van der Waals surface area (Å²) in [4.78, 5) is 12.1. The zero-order valence-electron chi connectivity index (χ0n) is 12.3. The third-order valence-corrected chi connectivity index (χ3v) is 3.31. The summed E-state index contributed by atoms with van der Waals surface area (Å²) >= 11 is 0. The average molecular weight is 284 g/mol. The van der Waals surface area contributed by atoms with Crippen molar-refractivity contribution in [2.45, 2.75) is 26.1 Å². The second-order valence-electron chi connectivity index (χ2n) is 5.33. The van der Waals surface area contributed by atoms with Gasteiger partial charge in [0.1, 0.15) is 0 Å². The first kappa shape index (κ1) is 15.3. The normalized spacial score (nSPS) is 12.4. The molecule has 0 spiro atoms. The lowest BCUT2D eigenvalue weighted by Gasteiger charge is -2.22. The Bertz CT molecular complexity index is 524. The number of esters is 1. The number of carbonyl (C=O) groups excluding carboxylic acids is 1. The van der Waals surface area contributed by atoms with E-state index < -0.39 is 18.2 Å². The number of aliphatic hydroxyl groups excluding tert-OH is 1. The molecule has 0 heterocycles. The minimum Gasteiger partial charge on any atom is -0.451 e. The van der Waals surface area contributed by atoms with Gasteiger partial charge in [-0.05, 0) is 17.0 Å². The molecule has 0 aliphatic carbocycles. The van der Waals surface area contributed by atoms with E-state index in [9.17, 15) is 9.90 Å². The van der Waals surface area contributed by atoms with Crippen LogP contribution in [0.15, 0.2) is 60.7 Å². The van der Waals surface area contributed by atoms with Crippen molar-refractivity contribution in [1.29, 1.82) is 0 Å². The summed E-state index contributed by atoms with van der Waals surface area (Å²) in [6.45, 7) is 3.57. The number of carbonyl (C=O) groups is 1. The number of benzene rings is 2. The summed E-state index contributed by atoms with van der Waals surface area (Å²) in [5.41, 5.74) is 1.76. The molecule has 2 rings (SSSR count). The van der Waals surface area contributed by atoms with Crippen LogP contribution in [0.3, 0.4) is 0 Å². The van der Waals surface area contributed by atoms with Gasteiger partial charge in [-0.2, -0.15) is 0 Å². The van der Waals surface area contributed by atoms with Crippen LogP contribution in [0, 0.1) is 5.92 Å². The van der Waals surface area contributed by atoms with Gasteiger partial charge < -0.3 is 9.84 Å². The van der Waals surface area contributed by atoms with Gasteiger partial charge >= 0.3 is 5.97 Å². The van der Waals surface area contributed by atoms with Crippen LogP contribution in [-0.4, -0.2) is 17.2 Å². The minimum atomic E-state index is -1.11. The van der Waals surface area contributed by atoms with Gasteiger partial charge in [0.05, 0.1) is 0 Å². The van der Waals surface area contributed by atoms with Gasteiger partial charge in [0.25, 0.3) is 0 Å². The molecule has 0 fully saturated rings. The van der Waals surface area contributed by atoms with Gasteiger partial charge in [-0.15, -0.1) is 0 Å². The van der Waals surface area contributed by atoms with E-state index in [2.05, 4.69) is 0 Å².